The Balaban J connectivity index is 2.00. The smallest absolute Gasteiger partial charge is 0.339 e. The van der Waals surface area contributed by atoms with Crippen molar-refractivity contribution >= 4 is 21.6 Å². The number of esters is 1. The predicted molar refractivity (Wildman–Crippen MR) is 87.3 cm³/mol. The Kier molecular flexibility index (Phi) is 5.50. The molecule has 6 nitrogen and oxygen atoms in total. The first-order chi connectivity index (χ1) is 11.3. The lowest BCUT2D eigenvalue weighted by molar-refractivity contribution is 0.0599. The quantitative estimate of drug-likeness (QED) is 0.634. The Hall–Kier alpha value is -2.48. The molecule has 1 heterocycles. The normalized spacial score (nSPS) is 11.1. The molecule has 0 amide bonds. The summed E-state index contributed by atoms with van der Waals surface area (Å²) in [6.45, 7) is 1.79. The van der Waals surface area contributed by atoms with Gasteiger partial charge in [-0.25, -0.2) is 22.6 Å². The summed E-state index contributed by atoms with van der Waals surface area (Å²) in [5, 5.41) is 2.89. The topological polar surface area (TPSA) is 85.4 Å². The minimum absolute atomic E-state index is 0.0656. The Bertz CT molecular complexity index is 836. The number of aryl methyl sites for hydroxylation is 1. The number of pyridine rings is 1. The lowest BCUT2D eigenvalue weighted by atomic mass is 10.2. The zero-order chi connectivity index (χ0) is 17.7. The molecule has 0 bridgehead atoms. The highest BCUT2D eigenvalue weighted by Crippen LogP contribution is 2.14. The molecular weight excluding hydrogens is 335 g/mol. The molecule has 0 saturated carbocycles. The second-order valence-electron chi connectivity index (χ2n) is 5.02. The van der Waals surface area contributed by atoms with E-state index in [0.717, 1.165) is 12.1 Å². The van der Waals surface area contributed by atoms with E-state index < -0.39 is 21.6 Å². The predicted octanol–water partition coefficient (Wildman–Crippen LogP) is 2.20. The van der Waals surface area contributed by atoms with E-state index in [4.69, 9.17) is 0 Å². The lowest BCUT2D eigenvalue weighted by Crippen LogP contribution is -2.17. The number of benzene rings is 1. The van der Waals surface area contributed by atoms with Crippen LogP contribution in [0.2, 0.25) is 0 Å². The summed E-state index contributed by atoms with van der Waals surface area (Å²) in [6, 6.07) is 7.82. The number of aromatic nitrogens is 1. The summed E-state index contributed by atoms with van der Waals surface area (Å²) in [6.07, 6.45) is 0. The third-order valence-electron chi connectivity index (χ3n) is 3.34. The van der Waals surface area contributed by atoms with Crippen LogP contribution in [-0.4, -0.2) is 38.8 Å². The van der Waals surface area contributed by atoms with Crippen molar-refractivity contribution in [1.82, 2.24) is 4.98 Å². The number of anilines is 1. The van der Waals surface area contributed by atoms with Gasteiger partial charge >= 0.3 is 5.97 Å². The number of nitrogens with zero attached hydrogens (tertiary/aromatic N) is 1. The Morgan fingerprint density at radius 2 is 1.88 bits per heavy atom. The van der Waals surface area contributed by atoms with Gasteiger partial charge in [-0.2, -0.15) is 0 Å². The van der Waals surface area contributed by atoms with E-state index in [1.165, 1.54) is 19.2 Å². The van der Waals surface area contributed by atoms with Crippen LogP contribution in [0.3, 0.4) is 0 Å². The van der Waals surface area contributed by atoms with Crippen molar-refractivity contribution in [3.8, 4) is 0 Å². The minimum atomic E-state index is -3.51. The summed E-state index contributed by atoms with van der Waals surface area (Å²) >= 11 is 0. The van der Waals surface area contributed by atoms with E-state index in [1.54, 1.807) is 19.1 Å². The van der Waals surface area contributed by atoms with Crippen molar-refractivity contribution in [2.45, 2.75) is 11.8 Å². The molecule has 0 radical (unpaired) electrons. The van der Waals surface area contributed by atoms with Crippen molar-refractivity contribution in [3.63, 3.8) is 0 Å². The first kappa shape index (κ1) is 17.9. The van der Waals surface area contributed by atoms with Gasteiger partial charge in [0.2, 0.25) is 0 Å². The average molecular weight is 352 g/mol. The Morgan fingerprint density at radius 1 is 1.21 bits per heavy atom. The maximum absolute atomic E-state index is 12.9. The molecule has 128 valence electrons. The summed E-state index contributed by atoms with van der Waals surface area (Å²) in [7, 11) is -2.23. The number of sulfone groups is 1. The maximum Gasteiger partial charge on any atom is 0.339 e. The van der Waals surface area contributed by atoms with Gasteiger partial charge in [0.25, 0.3) is 0 Å². The molecule has 0 unspecified atom stereocenters. The number of ether oxygens (including phenoxy) is 1. The summed E-state index contributed by atoms with van der Waals surface area (Å²) in [4.78, 5) is 15.7. The minimum Gasteiger partial charge on any atom is -0.465 e. The first-order valence-corrected chi connectivity index (χ1v) is 8.77. The maximum atomic E-state index is 12.9. The van der Waals surface area contributed by atoms with E-state index >= 15 is 0 Å². The van der Waals surface area contributed by atoms with E-state index in [9.17, 15) is 17.6 Å². The summed E-state index contributed by atoms with van der Waals surface area (Å²) in [5.41, 5.74) is 0.829. The third-order valence-corrected chi connectivity index (χ3v) is 5.07. The molecule has 0 aliphatic heterocycles. The fourth-order valence-electron chi connectivity index (χ4n) is 2.06. The second-order valence-corrected chi connectivity index (χ2v) is 7.13. The highest BCUT2D eigenvalue weighted by Gasteiger charge is 2.15. The molecule has 2 rings (SSSR count). The lowest BCUT2D eigenvalue weighted by Gasteiger charge is -2.09. The van der Waals surface area contributed by atoms with E-state index in [-0.39, 0.29) is 17.2 Å². The van der Waals surface area contributed by atoms with Crippen LogP contribution in [0.4, 0.5) is 10.2 Å². The van der Waals surface area contributed by atoms with Gasteiger partial charge < -0.3 is 10.1 Å². The zero-order valence-corrected chi connectivity index (χ0v) is 14.1. The molecule has 0 saturated heterocycles. The standard InChI is InChI=1S/C16H17FN2O4S/c1-11-14(16(20)23-2)7-8-15(19-11)18-9-10-24(21,22)13-5-3-12(17)4-6-13/h3-8H,9-10H2,1-2H3,(H,18,19). The number of methoxy groups -OCH3 is 1. The molecule has 1 N–H and O–H groups in total. The molecular formula is C16H17FN2O4S. The van der Waals surface area contributed by atoms with Gasteiger partial charge in [-0.3, -0.25) is 0 Å². The largest absolute Gasteiger partial charge is 0.465 e. The molecule has 24 heavy (non-hydrogen) atoms. The van der Waals surface area contributed by atoms with Gasteiger partial charge in [-0.1, -0.05) is 0 Å². The summed E-state index contributed by atoms with van der Waals surface area (Å²) in [5.74, 6) is -0.685. The number of hydrogen-bond acceptors (Lipinski definition) is 6. The summed E-state index contributed by atoms with van der Waals surface area (Å²) < 4.78 is 41.8. The van der Waals surface area contributed by atoms with Gasteiger partial charge in [0.15, 0.2) is 9.84 Å². The molecule has 0 atom stereocenters. The molecule has 0 spiro atoms. The monoisotopic (exact) mass is 352 g/mol. The van der Waals surface area contributed by atoms with Crippen LogP contribution < -0.4 is 5.32 Å². The van der Waals surface area contributed by atoms with Gasteiger partial charge in [0.1, 0.15) is 11.6 Å². The van der Waals surface area contributed by atoms with Gasteiger partial charge in [-0.15, -0.1) is 0 Å². The molecule has 1 aromatic heterocycles. The molecule has 0 fully saturated rings. The van der Waals surface area contributed by atoms with Crippen molar-refractivity contribution in [1.29, 1.82) is 0 Å². The number of rotatable bonds is 6. The highest BCUT2D eigenvalue weighted by molar-refractivity contribution is 7.91. The molecule has 0 aliphatic rings. The number of halogens is 1. The van der Waals surface area contributed by atoms with Crippen molar-refractivity contribution < 1.29 is 22.3 Å². The molecule has 2 aromatic rings. The van der Waals surface area contributed by atoms with Crippen LogP contribution in [0, 0.1) is 12.7 Å². The number of carbonyl (C=O) groups excluding carboxylic acids is 1. The SMILES string of the molecule is COC(=O)c1ccc(NCCS(=O)(=O)c2ccc(F)cc2)nc1C. The van der Waals surface area contributed by atoms with E-state index in [0.29, 0.717) is 17.1 Å². The third kappa shape index (κ3) is 4.29. The van der Waals surface area contributed by atoms with Crippen LogP contribution in [-0.2, 0) is 14.6 Å². The van der Waals surface area contributed by atoms with Crippen LogP contribution in [0.25, 0.3) is 0 Å². The van der Waals surface area contributed by atoms with Gasteiger partial charge in [0.05, 0.1) is 29.0 Å². The fourth-order valence-corrected chi connectivity index (χ4v) is 3.22. The Morgan fingerprint density at radius 3 is 2.46 bits per heavy atom. The van der Waals surface area contributed by atoms with Crippen LogP contribution in [0.15, 0.2) is 41.3 Å². The second kappa shape index (κ2) is 7.39. The number of hydrogen-bond donors (Lipinski definition) is 1. The zero-order valence-electron chi connectivity index (χ0n) is 13.2. The molecule has 8 heteroatoms. The fraction of sp³-hybridized carbons (Fsp3) is 0.250. The van der Waals surface area contributed by atoms with Crippen LogP contribution in [0.5, 0.6) is 0 Å². The number of nitrogens with one attached hydrogen (secondary N) is 1. The van der Waals surface area contributed by atoms with Crippen molar-refractivity contribution in [2.24, 2.45) is 0 Å². The van der Waals surface area contributed by atoms with Gasteiger partial charge in [-0.05, 0) is 43.3 Å². The first-order valence-electron chi connectivity index (χ1n) is 7.11. The van der Waals surface area contributed by atoms with Gasteiger partial charge in [0, 0.05) is 6.54 Å². The highest BCUT2D eigenvalue weighted by atomic mass is 32.2. The van der Waals surface area contributed by atoms with Crippen LogP contribution >= 0.6 is 0 Å². The molecule has 0 aliphatic carbocycles. The van der Waals surface area contributed by atoms with Crippen molar-refractivity contribution in [3.05, 3.63) is 53.5 Å². The Labute approximate surface area is 139 Å². The van der Waals surface area contributed by atoms with E-state index in [1.807, 2.05) is 0 Å². The van der Waals surface area contributed by atoms with Crippen LogP contribution in [0.1, 0.15) is 16.1 Å². The average Bonchev–Trinajstić information content (AvgIpc) is 2.54. The van der Waals surface area contributed by atoms with Crippen molar-refractivity contribution in [2.75, 3.05) is 24.7 Å². The number of carbonyl (C=O) groups is 1. The molecule has 1 aromatic carbocycles. The van der Waals surface area contributed by atoms with E-state index in [2.05, 4.69) is 15.0 Å².